The van der Waals surface area contributed by atoms with Gasteiger partial charge in [-0.3, -0.25) is 4.99 Å². The number of pyridine rings is 1. The van der Waals surface area contributed by atoms with Gasteiger partial charge in [0.05, 0.1) is 12.7 Å². The lowest BCUT2D eigenvalue weighted by Crippen LogP contribution is -2.49. The van der Waals surface area contributed by atoms with E-state index in [1.54, 1.807) is 0 Å². The molecule has 8 heteroatoms. The standard InChI is InChI=1S/C24H42N6O.HI/c1-20(2)31-17-16-29-14-9-22(10-15-29)28-24(25-3)27-19-21-8-11-26-23(18-21)30-12-6-4-5-7-13-30;/h8,11,18,20,22H,4-7,9-10,12-17,19H2,1-3H3,(H2,25,27,28);1H. The highest BCUT2D eigenvalue weighted by Gasteiger charge is 2.20. The first kappa shape index (κ1) is 27.1. The lowest BCUT2D eigenvalue weighted by molar-refractivity contribution is 0.0532. The SMILES string of the molecule is CN=C(NCc1ccnc(N2CCCCCC2)c1)NC1CCN(CCOC(C)C)CC1.I. The fourth-order valence-corrected chi connectivity index (χ4v) is 4.34. The third-order valence-corrected chi connectivity index (χ3v) is 6.21. The van der Waals surface area contributed by atoms with Gasteiger partial charge in [-0.1, -0.05) is 12.8 Å². The Kier molecular flexibility index (Phi) is 12.6. The van der Waals surface area contributed by atoms with Crippen LogP contribution < -0.4 is 15.5 Å². The first-order valence-corrected chi connectivity index (χ1v) is 12.1. The van der Waals surface area contributed by atoms with Crippen LogP contribution in [0.25, 0.3) is 0 Å². The first-order chi connectivity index (χ1) is 15.1. The molecule has 2 N–H and O–H groups in total. The molecule has 2 fully saturated rings. The van der Waals surface area contributed by atoms with Gasteiger partial charge in [-0.05, 0) is 57.2 Å². The molecule has 3 heterocycles. The average molecular weight is 559 g/mol. The Labute approximate surface area is 211 Å². The second-order valence-electron chi connectivity index (χ2n) is 9.03. The van der Waals surface area contributed by atoms with Crippen molar-refractivity contribution in [1.82, 2.24) is 20.5 Å². The van der Waals surface area contributed by atoms with E-state index in [0.29, 0.717) is 12.1 Å². The van der Waals surface area contributed by atoms with Crippen molar-refractivity contribution in [3.05, 3.63) is 23.9 Å². The minimum absolute atomic E-state index is 0. The highest BCUT2D eigenvalue weighted by Crippen LogP contribution is 2.18. The molecule has 7 nitrogen and oxygen atoms in total. The van der Waals surface area contributed by atoms with Crippen LogP contribution in [-0.2, 0) is 11.3 Å². The molecular formula is C24H43IN6O. The summed E-state index contributed by atoms with van der Waals surface area (Å²) in [6.45, 7) is 11.3. The van der Waals surface area contributed by atoms with Crippen LogP contribution in [0.15, 0.2) is 23.3 Å². The molecule has 0 atom stereocenters. The van der Waals surface area contributed by atoms with Crippen LogP contribution in [0.3, 0.4) is 0 Å². The number of guanidine groups is 1. The molecule has 2 aliphatic rings. The Hall–Kier alpha value is -1.13. The number of ether oxygens (including phenoxy) is 1. The van der Waals surface area contributed by atoms with Crippen molar-refractivity contribution in [2.75, 3.05) is 51.3 Å². The smallest absolute Gasteiger partial charge is 0.191 e. The van der Waals surface area contributed by atoms with Crippen molar-refractivity contribution >= 4 is 35.8 Å². The minimum atomic E-state index is 0. The molecule has 0 unspecified atom stereocenters. The summed E-state index contributed by atoms with van der Waals surface area (Å²) in [4.78, 5) is 14.0. The van der Waals surface area contributed by atoms with Crippen LogP contribution in [0, 0.1) is 0 Å². The largest absolute Gasteiger partial charge is 0.377 e. The van der Waals surface area contributed by atoms with E-state index in [4.69, 9.17) is 4.74 Å². The van der Waals surface area contributed by atoms with Gasteiger partial charge in [-0.15, -0.1) is 24.0 Å². The first-order valence-electron chi connectivity index (χ1n) is 12.1. The predicted molar refractivity (Wildman–Crippen MR) is 144 cm³/mol. The minimum Gasteiger partial charge on any atom is -0.377 e. The number of nitrogens with zero attached hydrogens (tertiary/aromatic N) is 4. The number of likely N-dealkylation sites (tertiary alicyclic amines) is 1. The number of piperidine rings is 1. The number of anilines is 1. The molecule has 2 aliphatic heterocycles. The molecule has 182 valence electrons. The molecule has 0 aromatic carbocycles. The van der Waals surface area contributed by atoms with Crippen molar-refractivity contribution in [2.24, 2.45) is 4.99 Å². The van der Waals surface area contributed by atoms with Crippen molar-refractivity contribution in [1.29, 1.82) is 0 Å². The van der Waals surface area contributed by atoms with Crippen LogP contribution in [0.4, 0.5) is 5.82 Å². The molecule has 0 spiro atoms. The summed E-state index contributed by atoms with van der Waals surface area (Å²) in [5.74, 6) is 1.99. The average Bonchev–Trinajstić information content (AvgIpc) is 3.07. The van der Waals surface area contributed by atoms with E-state index < -0.39 is 0 Å². The Morgan fingerprint density at radius 1 is 1.16 bits per heavy atom. The zero-order valence-electron chi connectivity index (χ0n) is 20.2. The van der Waals surface area contributed by atoms with Gasteiger partial charge in [-0.25, -0.2) is 4.98 Å². The predicted octanol–water partition coefficient (Wildman–Crippen LogP) is 3.63. The van der Waals surface area contributed by atoms with E-state index >= 15 is 0 Å². The van der Waals surface area contributed by atoms with E-state index in [2.05, 4.69) is 56.4 Å². The maximum atomic E-state index is 5.69. The number of hydrogen-bond acceptors (Lipinski definition) is 5. The number of hydrogen-bond donors (Lipinski definition) is 2. The van der Waals surface area contributed by atoms with E-state index in [1.807, 2.05) is 13.2 Å². The molecule has 32 heavy (non-hydrogen) atoms. The third kappa shape index (κ3) is 9.39. The van der Waals surface area contributed by atoms with Crippen molar-refractivity contribution in [3.8, 4) is 0 Å². The summed E-state index contributed by atoms with van der Waals surface area (Å²) >= 11 is 0. The van der Waals surface area contributed by atoms with E-state index in [9.17, 15) is 0 Å². The molecule has 1 aromatic heterocycles. The zero-order chi connectivity index (χ0) is 21.9. The molecule has 0 radical (unpaired) electrons. The molecule has 2 saturated heterocycles. The van der Waals surface area contributed by atoms with Gasteiger partial charge in [0.25, 0.3) is 0 Å². The lowest BCUT2D eigenvalue weighted by Gasteiger charge is -2.33. The summed E-state index contributed by atoms with van der Waals surface area (Å²) in [6.07, 6.45) is 9.73. The second-order valence-corrected chi connectivity index (χ2v) is 9.03. The number of halogens is 1. The molecule has 3 rings (SSSR count). The second kappa shape index (κ2) is 14.9. The van der Waals surface area contributed by atoms with Gasteiger partial charge >= 0.3 is 0 Å². The summed E-state index contributed by atoms with van der Waals surface area (Å²) in [5, 5.41) is 7.10. The fourth-order valence-electron chi connectivity index (χ4n) is 4.34. The summed E-state index contributed by atoms with van der Waals surface area (Å²) in [7, 11) is 1.85. The normalized spacial score (nSPS) is 18.9. The Bertz CT molecular complexity index is 670. The van der Waals surface area contributed by atoms with Crippen LogP contribution in [0.2, 0.25) is 0 Å². The number of rotatable bonds is 8. The highest BCUT2D eigenvalue weighted by atomic mass is 127. The number of aromatic nitrogens is 1. The molecule has 0 saturated carbocycles. The van der Waals surface area contributed by atoms with Crippen molar-refractivity contribution in [3.63, 3.8) is 0 Å². The highest BCUT2D eigenvalue weighted by molar-refractivity contribution is 14.0. The molecular weight excluding hydrogens is 515 g/mol. The number of aliphatic imine (C=N–C) groups is 1. The Morgan fingerprint density at radius 3 is 2.53 bits per heavy atom. The Balaban J connectivity index is 0.00000363. The van der Waals surface area contributed by atoms with Crippen LogP contribution in [0.5, 0.6) is 0 Å². The topological polar surface area (TPSA) is 65.0 Å². The van der Waals surface area contributed by atoms with Gasteiger partial charge in [0.15, 0.2) is 5.96 Å². The van der Waals surface area contributed by atoms with E-state index in [-0.39, 0.29) is 24.0 Å². The monoisotopic (exact) mass is 558 g/mol. The summed E-state index contributed by atoms with van der Waals surface area (Å²) in [5.41, 5.74) is 1.25. The van der Waals surface area contributed by atoms with Gasteiger partial charge in [0.1, 0.15) is 5.82 Å². The van der Waals surface area contributed by atoms with Crippen molar-refractivity contribution in [2.45, 2.75) is 71.1 Å². The molecule has 1 aromatic rings. The van der Waals surface area contributed by atoms with Crippen LogP contribution >= 0.6 is 24.0 Å². The quantitative estimate of drug-likeness (QED) is 0.289. The third-order valence-electron chi connectivity index (χ3n) is 6.21. The van der Waals surface area contributed by atoms with Gasteiger partial charge in [0.2, 0.25) is 0 Å². The number of nitrogens with one attached hydrogen (secondary N) is 2. The lowest BCUT2D eigenvalue weighted by atomic mass is 10.1. The van der Waals surface area contributed by atoms with Gasteiger partial charge in [-0.2, -0.15) is 0 Å². The zero-order valence-corrected chi connectivity index (χ0v) is 22.5. The van der Waals surface area contributed by atoms with Gasteiger partial charge in [0, 0.05) is 58.6 Å². The molecule has 0 amide bonds. The van der Waals surface area contributed by atoms with Crippen LogP contribution in [0.1, 0.15) is 57.9 Å². The molecule has 0 bridgehead atoms. The van der Waals surface area contributed by atoms with Crippen LogP contribution in [-0.4, -0.2) is 74.4 Å². The van der Waals surface area contributed by atoms with Crippen molar-refractivity contribution < 1.29 is 4.74 Å². The maximum absolute atomic E-state index is 5.69. The van der Waals surface area contributed by atoms with Gasteiger partial charge < -0.3 is 25.2 Å². The van der Waals surface area contributed by atoms with E-state index in [1.165, 1.54) is 31.2 Å². The molecule has 0 aliphatic carbocycles. The Morgan fingerprint density at radius 2 is 1.88 bits per heavy atom. The summed E-state index contributed by atoms with van der Waals surface area (Å²) < 4.78 is 5.69. The summed E-state index contributed by atoms with van der Waals surface area (Å²) in [6, 6.07) is 4.79. The van der Waals surface area contributed by atoms with E-state index in [0.717, 1.165) is 70.5 Å². The maximum Gasteiger partial charge on any atom is 0.191 e. The fraction of sp³-hybridized carbons (Fsp3) is 0.750.